The minimum absolute atomic E-state index is 0.0291. The Hall–Kier alpha value is -3.59. The lowest BCUT2D eigenvalue weighted by Gasteiger charge is -2.11. The number of nitrogens with one attached hydrogen (secondary N) is 1. The highest BCUT2D eigenvalue weighted by Crippen LogP contribution is 2.35. The number of aromatic nitrogens is 3. The number of sulfonamides is 1. The summed E-state index contributed by atoms with van der Waals surface area (Å²) in [4.78, 5) is 3.23. The number of halogens is 6. The molecule has 0 saturated carbocycles. The first kappa shape index (κ1) is 23.6. The van der Waals surface area contributed by atoms with E-state index in [4.69, 9.17) is 4.74 Å². The topological polar surface area (TPSA) is 86.1 Å². The van der Waals surface area contributed by atoms with Gasteiger partial charge in [-0.05, 0) is 30.3 Å². The zero-order valence-corrected chi connectivity index (χ0v) is 18.0. The second-order valence-electron chi connectivity index (χ2n) is 6.51. The summed E-state index contributed by atoms with van der Waals surface area (Å²) < 4.78 is 114. The Morgan fingerprint density at radius 1 is 1.00 bits per heavy atom. The molecule has 1 N–H and O–H groups in total. The normalized spacial score (nSPS) is 12.1. The lowest BCUT2D eigenvalue weighted by atomic mass is 10.3. The number of anilines is 1. The first-order valence-electron chi connectivity index (χ1n) is 8.96. The van der Waals surface area contributed by atoms with Crippen molar-refractivity contribution in [2.75, 3.05) is 4.72 Å². The van der Waals surface area contributed by atoms with Gasteiger partial charge in [-0.15, -0.1) is 11.3 Å². The Labute approximate surface area is 191 Å². The number of nitrogens with zero attached hydrogens (tertiary/aromatic N) is 3. The second-order valence-corrected chi connectivity index (χ2v) is 9.09. The molecule has 0 unspecified atom stereocenters. The van der Waals surface area contributed by atoms with Gasteiger partial charge in [-0.25, -0.2) is 26.6 Å². The predicted molar refractivity (Wildman–Crippen MR) is 108 cm³/mol. The molecule has 0 fully saturated rings. The van der Waals surface area contributed by atoms with Crippen LogP contribution in [0.4, 0.5) is 31.5 Å². The highest BCUT2D eigenvalue weighted by Gasteiger charge is 2.36. The maximum Gasteiger partial charge on any atom is 0.435 e. The number of alkyl halides is 3. The van der Waals surface area contributed by atoms with Gasteiger partial charge in [0, 0.05) is 23.7 Å². The van der Waals surface area contributed by atoms with E-state index in [1.54, 1.807) is 0 Å². The van der Waals surface area contributed by atoms with Gasteiger partial charge in [0.2, 0.25) is 5.88 Å². The number of ether oxygens (including phenoxy) is 1. The fraction of sp³-hybridized carbons (Fsp3) is 0.0526. The molecule has 0 spiro atoms. The Bertz CT molecular complexity index is 1450. The van der Waals surface area contributed by atoms with E-state index < -0.39 is 61.6 Å². The van der Waals surface area contributed by atoms with E-state index in [0.717, 1.165) is 29.5 Å². The summed E-state index contributed by atoms with van der Waals surface area (Å²) in [5, 5.41) is 4.74. The lowest BCUT2D eigenvalue weighted by molar-refractivity contribution is -0.141. The first-order valence-corrected chi connectivity index (χ1v) is 11.3. The Morgan fingerprint density at radius 3 is 2.41 bits per heavy atom. The average Bonchev–Trinajstić information content (AvgIpc) is 3.40. The third-order valence-electron chi connectivity index (χ3n) is 4.19. The Morgan fingerprint density at radius 2 is 1.76 bits per heavy atom. The molecule has 4 rings (SSSR count). The number of hydrogen-bond acceptors (Lipinski definition) is 6. The summed E-state index contributed by atoms with van der Waals surface area (Å²) in [5.41, 5.74) is -2.24. The maximum atomic E-state index is 14.6. The molecule has 0 bridgehead atoms. The van der Waals surface area contributed by atoms with Crippen molar-refractivity contribution < 1.29 is 39.5 Å². The van der Waals surface area contributed by atoms with Crippen molar-refractivity contribution in [2.45, 2.75) is 11.1 Å². The fourth-order valence-corrected chi connectivity index (χ4v) is 4.49. The molecule has 2 aromatic heterocycles. The summed E-state index contributed by atoms with van der Waals surface area (Å²) in [5.74, 6) is -4.85. The van der Waals surface area contributed by atoms with Crippen molar-refractivity contribution in [1.29, 1.82) is 0 Å². The van der Waals surface area contributed by atoms with Crippen molar-refractivity contribution in [3.63, 3.8) is 0 Å². The average molecular weight is 520 g/mol. The van der Waals surface area contributed by atoms with Crippen molar-refractivity contribution in [3.05, 3.63) is 77.2 Å². The maximum absolute atomic E-state index is 14.6. The van der Waals surface area contributed by atoms with E-state index in [2.05, 4.69) is 14.8 Å². The molecule has 34 heavy (non-hydrogen) atoms. The standard InChI is InChI=1S/C19H10F6N4O3S2/c20-10-1-3-12(21)14(7-10)29-17(9-16(27-29)19(23,24)25)32-15-4-2-11(8-13(15)22)34(30,31)28-18-26-5-6-33-18/h1-9H,(H,26,28). The molecular weight excluding hydrogens is 510 g/mol. The smallest absolute Gasteiger partial charge is 0.435 e. The van der Waals surface area contributed by atoms with Crippen LogP contribution in [0.2, 0.25) is 0 Å². The largest absolute Gasteiger partial charge is 0.436 e. The van der Waals surface area contributed by atoms with Gasteiger partial charge in [0.05, 0.1) is 4.90 Å². The minimum Gasteiger partial charge on any atom is -0.436 e. The van der Waals surface area contributed by atoms with Crippen LogP contribution in [-0.4, -0.2) is 23.2 Å². The summed E-state index contributed by atoms with van der Waals surface area (Å²) >= 11 is 0.981. The molecule has 7 nitrogen and oxygen atoms in total. The highest BCUT2D eigenvalue weighted by molar-refractivity contribution is 7.93. The van der Waals surface area contributed by atoms with Gasteiger partial charge in [0.25, 0.3) is 10.0 Å². The summed E-state index contributed by atoms with van der Waals surface area (Å²) in [6.45, 7) is 0. The van der Waals surface area contributed by atoms with Crippen molar-refractivity contribution >= 4 is 26.5 Å². The molecule has 15 heteroatoms. The van der Waals surface area contributed by atoms with Gasteiger partial charge in [0.1, 0.15) is 17.3 Å². The van der Waals surface area contributed by atoms with E-state index in [1.165, 1.54) is 11.6 Å². The number of thiazole rings is 1. The molecule has 0 radical (unpaired) electrons. The van der Waals surface area contributed by atoms with Crippen LogP contribution in [0.25, 0.3) is 5.69 Å². The van der Waals surface area contributed by atoms with Crippen LogP contribution in [0, 0.1) is 17.5 Å². The molecule has 0 atom stereocenters. The van der Waals surface area contributed by atoms with Gasteiger partial charge in [0.15, 0.2) is 22.4 Å². The zero-order chi connectivity index (χ0) is 24.7. The van der Waals surface area contributed by atoms with Gasteiger partial charge in [-0.3, -0.25) is 4.72 Å². The third kappa shape index (κ3) is 4.84. The fourth-order valence-electron chi connectivity index (χ4n) is 2.69. The van der Waals surface area contributed by atoms with Crippen LogP contribution in [-0.2, 0) is 16.2 Å². The lowest BCUT2D eigenvalue weighted by Crippen LogP contribution is -2.13. The van der Waals surface area contributed by atoms with E-state index >= 15 is 0 Å². The molecule has 0 aliphatic rings. The van der Waals surface area contributed by atoms with E-state index in [9.17, 15) is 34.8 Å². The van der Waals surface area contributed by atoms with E-state index in [1.807, 2.05) is 0 Å². The van der Waals surface area contributed by atoms with Crippen LogP contribution < -0.4 is 9.46 Å². The molecule has 2 aromatic carbocycles. The Balaban J connectivity index is 1.71. The molecular formula is C19H10F6N4O3S2. The van der Waals surface area contributed by atoms with Crippen molar-refractivity contribution in [2.24, 2.45) is 0 Å². The van der Waals surface area contributed by atoms with Gasteiger partial charge in [-0.2, -0.15) is 23.0 Å². The van der Waals surface area contributed by atoms with E-state index in [0.29, 0.717) is 28.9 Å². The quantitative estimate of drug-likeness (QED) is 0.346. The minimum atomic E-state index is -4.98. The molecule has 0 amide bonds. The van der Waals surface area contributed by atoms with Gasteiger partial charge >= 0.3 is 6.18 Å². The SMILES string of the molecule is O=S(=O)(Nc1nccs1)c1ccc(Oc2cc(C(F)(F)F)nn2-c2cc(F)ccc2F)c(F)c1. The molecule has 2 heterocycles. The number of hydrogen-bond donors (Lipinski definition) is 1. The number of benzene rings is 2. The highest BCUT2D eigenvalue weighted by atomic mass is 32.2. The van der Waals surface area contributed by atoms with Crippen LogP contribution in [0.15, 0.2) is 58.9 Å². The van der Waals surface area contributed by atoms with Crippen LogP contribution in [0.3, 0.4) is 0 Å². The van der Waals surface area contributed by atoms with Crippen LogP contribution >= 0.6 is 11.3 Å². The molecule has 4 aromatic rings. The zero-order valence-electron chi connectivity index (χ0n) is 16.3. The van der Waals surface area contributed by atoms with Crippen LogP contribution in [0.5, 0.6) is 11.6 Å². The molecule has 0 aliphatic heterocycles. The molecule has 0 aliphatic carbocycles. The van der Waals surface area contributed by atoms with E-state index in [-0.39, 0.29) is 5.13 Å². The predicted octanol–water partition coefficient (Wildman–Crippen LogP) is 5.36. The first-order chi connectivity index (χ1) is 15.9. The molecule has 0 saturated heterocycles. The van der Waals surface area contributed by atoms with Gasteiger partial charge < -0.3 is 4.74 Å². The monoisotopic (exact) mass is 520 g/mol. The van der Waals surface area contributed by atoms with Crippen molar-refractivity contribution in [1.82, 2.24) is 14.8 Å². The summed E-state index contributed by atoms with van der Waals surface area (Å²) in [6.07, 6.45) is -3.63. The summed E-state index contributed by atoms with van der Waals surface area (Å²) in [7, 11) is -4.23. The third-order valence-corrected chi connectivity index (χ3v) is 6.34. The van der Waals surface area contributed by atoms with Gasteiger partial charge in [-0.1, -0.05) is 0 Å². The van der Waals surface area contributed by atoms with Crippen LogP contribution in [0.1, 0.15) is 5.69 Å². The second kappa shape index (κ2) is 8.64. The molecule has 178 valence electrons. The Kier molecular flexibility index (Phi) is 5.99. The summed E-state index contributed by atoms with van der Waals surface area (Å²) in [6, 6.07) is 4.69. The van der Waals surface area contributed by atoms with Crippen molar-refractivity contribution in [3.8, 4) is 17.3 Å². The number of rotatable bonds is 6.